The van der Waals surface area contributed by atoms with Crippen molar-refractivity contribution in [1.82, 2.24) is 4.90 Å². The molecule has 1 aromatic rings. The maximum absolute atomic E-state index is 14.0. The largest absolute Gasteiger partial charge is 0.493 e. The van der Waals surface area contributed by atoms with Crippen LogP contribution < -0.4 is 14.2 Å². The van der Waals surface area contributed by atoms with Crippen LogP contribution in [-0.2, 0) is 47.7 Å². The summed E-state index contributed by atoms with van der Waals surface area (Å²) in [5, 5.41) is 0. The molecule has 0 fully saturated rings. The zero-order valence-corrected chi connectivity index (χ0v) is 42.6. The Morgan fingerprint density at radius 2 is 0.957 bits per heavy atom. The van der Waals surface area contributed by atoms with Crippen LogP contribution in [0.4, 0.5) is 0 Å². The number of unbranched alkanes of at least 4 members (excludes halogenated alkanes) is 15. The van der Waals surface area contributed by atoms with E-state index < -0.39 is 73.7 Å². The van der Waals surface area contributed by atoms with Gasteiger partial charge in [0, 0.05) is 25.8 Å². The predicted octanol–water partition coefficient (Wildman–Crippen LogP) is 9.28. The second-order valence-corrected chi connectivity index (χ2v) is 16.7. The molecule has 15 heteroatoms. The number of ether oxygens (including phenoxy) is 8. The van der Waals surface area contributed by atoms with Crippen molar-refractivity contribution in [3.63, 3.8) is 0 Å². The summed E-state index contributed by atoms with van der Waals surface area (Å²) >= 11 is 0. The van der Waals surface area contributed by atoms with E-state index in [1.54, 1.807) is 0 Å². The standard InChI is InChI=1S/C54H79NO14/c1-8-11-14-17-20-23-26-29-36-64-49(58)42-54(53(61)67-38-31-28-25-22-19-16-13-10-3,43-50(59)65-37-30-27-24-21-18-15-12-9-2)69-48(57)34-33-47(56)68-51-45(62-6)40-44(41-46(51)63-7)52(60)66-39-32-35-55(4)5/h40-41H,8-25,32-39,42-43H2,1-7H3. The van der Waals surface area contributed by atoms with Gasteiger partial charge in [-0.3, -0.25) is 19.2 Å². The number of benzene rings is 1. The summed E-state index contributed by atoms with van der Waals surface area (Å²) in [5.41, 5.74) is -2.50. The fourth-order valence-corrected chi connectivity index (χ4v) is 6.59. The minimum Gasteiger partial charge on any atom is -0.493 e. The van der Waals surface area contributed by atoms with Gasteiger partial charge in [-0.25, -0.2) is 9.59 Å². The fraction of sp³-hybridized carbons (Fsp3) is 0.667. The Labute approximate surface area is 412 Å². The third-order valence-corrected chi connectivity index (χ3v) is 10.4. The maximum Gasteiger partial charge on any atom is 0.352 e. The third-order valence-electron chi connectivity index (χ3n) is 10.4. The van der Waals surface area contributed by atoms with E-state index in [1.807, 2.05) is 19.0 Å². The Morgan fingerprint density at radius 3 is 1.39 bits per heavy atom. The van der Waals surface area contributed by atoms with Gasteiger partial charge in [0.05, 0.1) is 52.1 Å². The van der Waals surface area contributed by atoms with Crippen molar-refractivity contribution in [2.75, 3.05) is 61.3 Å². The Morgan fingerprint density at radius 1 is 0.522 bits per heavy atom. The normalized spacial score (nSPS) is 10.6. The van der Waals surface area contributed by atoms with E-state index in [0.29, 0.717) is 32.2 Å². The molecule has 0 saturated heterocycles. The van der Waals surface area contributed by atoms with Crippen LogP contribution in [0.1, 0.15) is 179 Å². The number of hydrogen-bond donors (Lipinski definition) is 0. The van der Waals surface area contributed by atoms with Gasteiger partial charge in [0.2, 0.25) is 11.4 Å². The van der Waals surface area contributed by atoms with Crippen molar-refractivity contribution >= 4 is 35.8 Å². The van der Waals surface area contributed by atoms with Crippen molar-refractivity contribution in [1.29, 1.82) is 0 Å². The van der Waals surface area contributed by atoms with Crippen LogP contribution >= 0.6 is 0 Å². The van der Waals surface area contributed by atoms with E-state index in [4.69, 9.17) is 37.9 Å². The molecule has 0 saturated carbocycles. The molecule has 0 amide bonds. The van der Waals surface area contributed by atoms with Crippen LogP contribution in [0, 0.1) is 35.5 Å². The second kappa shape index (κ2) is 39.2. The summed E-state index contributed by atoms with van der Waals surface area (Å²) in [6.45, 7) is 6.24. The highest BCUT2D eigenvalue weighted by Gasteiger charge is 2.49. The third kappa shape index (κ3) is 29.0. The zero-order chi connectivity index (χ0) is 51.0. The number of hydrogen-bond acceptors (Lipinski definition) is 15. The molecule has 0 unspecified atom stereocenters. The first-order valence-electron chi connectivity index (χ1n) is 24.7. The van der Waals surface area contributed by atoms with Gasteiger partial charge in [-0.1, -0.05) is 133 Å². The topological polar surface area (TPSA) is 179 Å². The van der Waals surface area contributed by atoms with Gasteiger partial charge >= 0.3 is 35.8 Å². The molecule has 0 aliphatic carbocycles. The number of methoxy groups -OCH3 is 2. The number of nitrogens with zero attached hydrogens (tertiary/aromatic N) is 1. The molecular weight excluding hydrogens is 887 g/mol. The molecule has 0 aromatic heterocycles. The minimum absolute atomic E-state index is 0.0303. The molecule has 0 atom stereocenters. The average Bonchev–Trinajstić information content (AvgIpc) is 3.32. The molecule has 0 heterocycles. The molecule has 0 aliphatic heterocycles. The van der Waals surface area contributed by atoms with Gasteiger partial charge in [0.25, 0.3) is 0 Å². The lowest BCUT2D eigenvalue weighted by Gasteiger charge is -2.29. The molecule has 0 radical (unpaired) electrons. The highest BCUT2D eigenvalue weighted by Crippen LogP contribution is 2.39. The summed E-state index contributed by atoms with van der Waals surface area (Å²) in [7, 11) is 6.41. The van der Waals surface area contributed by atoms with Crippen LogP contribution in [-0.4, -0.2) is 108 Å². The van der Waals surface area contributed by atoms with E-state index in [2.05, 4.69) is 56.3 Å². The van der Waals surface area contributed by atoms with Gasteiger partial charge in [0.15, 0.2) is 31.3 Å². The lowest BCUT2D eigenvalue weighted by atomic mass is 9.94. The smallest absolute Gasteiger partial charge is 0.352 e. The summed E-state index contributed by atoms with van der Waals surface area (Å²) in [5.74, 6) is 11.0. The van der Waals surface area contributed by atoms with Crippen molar-refractivity contribution < 1.29 is 66.7 Å². The van der Waals surface area contributed by atoms with Gasteiger partial charge < -0.3 is 42.8 Å². The van der Waals surface area contributed by atoms with Crippen LogP contribution in [0.25, 0.3) is 0 Å². The monoisotopic (exact) mass is 966 g/mol. The Balaban J connectivity index is 3.36. The highest BCUT2D eigenvalue weighted by molar-refractivity contribution is 5.93. The molecule has 1 aromatic carbocycles. The average molecular weight is 966 g/mol. The van der Waals surface area contributed by atoms with E-state index in [1.165, 1.54) is 26.4 Å². The molecule has 0 bridgehead atoms. The Kier molecular flexibility index (Phi) is 34.8. The number of rotatable bonds is 35. The predicted molar refractivity (Wildman–Crippen MR) is 262 cm³/mol. The summed E-state index contributed by atoms with van der Waals surface area (Å²) in [6.07, 6.45) is 15.1. The van der Waals surface area contributed by atoms with Gasteiger partial charge in [-0.2, -0.15) is 0 Å². The zero-order valence-electron chi connectivity index (χ0n) is 42.6. The fourth-order valence-electron chi connectivity index (χ4n) is 6.59. The van der Waals surface area contributed by atoms with Crippen molar-refractivity contribution in [3.8, 4) is 52.8 Å². The molecule has 0 spiro atoms. The highest BCUT2D eigenvalue weighted by atomic mass is 16.6. The first-order valence-corrected chi connectivity index (χ1v) is 24.7. The first kappa shape index (κ1) is 61.3. The van der Waals surface area contributed by atoms with Crippen LogP contribution in [0.3, 0.4) is 0 Å². The van der Waals surface area contributed by atoms with E-state index in [0.717, 1.165) is 96.3 Å². The van der Waals surface area contributed by atoms with Crippen LogP contribution in [0.15, 0.2) is 12.1 Å². The Hall–Kier alpha value is -5.72. The Bertz CT molecular complexity index is 1820. The lowest BCUT2D eigenvalue weighted by molar-refractivity contribution is -0.190. The van der Waals surface area contributed by atoms with E-state index >= 15 is 0 Å². The SMILES string of the molecule is CCCCCCCC#CCOC(=O)CC(CC(=O)OCC#CCCCCCCC)(OC(=O)CCC(=O)Oc1c(OC)cc(C(=O)OCCCN(C)C)cc1OC)C(=O)OCC#CCCCCCCC. The summed E-state index contributed by atoms with van der Waals surface area (Å²) < 4.78 is 43.5. The van der Waals surface area contributed by atoms with Gasteiger partial charge in [-0.05, 0) is 51.9 Å². The first-order chi connectivity index (χ1) is 33.4. The van der Waals surface area contributed by atoms with Crippen LogP contribution in [0.5, 0.6) is 17.2 Å². The minimum atomic E-state index is -2.58. The second-order valence-electron chi connectivity index (χ2n) is 16.7. The van der Waals surface area contributed by atoms with Gasteiger partial charge in [-0.15, -0.1) is 0 Å². The molecule has 0 aliphatic rings. The molecule has 384 valence electrons. The van der Waals surface area contributed by atoms with Gasteiger partial charge in [0.1, 0.15) is 0 Å². The number of carbonyl (C=O) groups is 6. The maximum atomic E-state index is 14.0. The molecule has 0 N–H and O–H groups in total. The quantitative estimate of drug-likeness (QED) is 0.0206. The van der Waals surface area contributed by atoms with Crippen molar-refractivity contribution in [2.24, 2.45) is 0 Å². The van der Waals surface area contributed by atoms with Crippen molar-refractivity contribution in [2.45, 2.75) is 174 Å². The van der Waals surface area contributed by atoms with Crippen LogP contribution in [0.2, 0.25) is 0 Å². The summed E-state index contributed by atoms with van der Waals surface area (Å²) in [6, 6.07) is 2.65. The van der Waals surface area contributed by atoms with E-state index in [-0.39, 0.29) is 42.6 Å². The van der Waals surface area contributed by atoms with E-state index in [9.17, 15) is 28.8 Å². The molecular formula is C54H79NO14. The molecule has 69 heavy (non-hydrogen) atoms. The van der Waals surface area contributed by atoms with Crippen molar-refractivity contribution in [3.05, 3.63) is 17.7 Å². The molecule has 15 nitrogen and oxygen atoms in total. The number of carbonyl (C=O) groups excluding carboxylic acids is 6. The lowest BCUT2D eigenvalue weighted by Crippen LogP contribution is -2.48. The molecule has 1 rings (SSSR count). The summed E-state index contributed by atoms with van der Waals surface area (Å²) in [4.78, 5) is 82.5. The number of esters is 6.